The molecule has 30 heavy (non-hydrogen) atoms. The summed E-state index contributed by atoms with van der Waals surface area (Å²) in [5, 5.41) is 12.0. The van der Waals surface area contributed by atoms with Gasteiger partial charge in [0.15, 0.2) is 0 Å². The smallest absolute Gasteiger partial charge is 0.139 e. The highest BCUT2D eigenvalue weighted by atomic mass is 32.2. The lowest BCUT2D eigenvalue weighted by molar-refractivity contribution is 0.159. The Balaban J connectivity index is 1.61. The second kappa shape index (κ2) is 8.84. The van der Waals surface area contributed by atoms with Crippen LogP contribution in [-0.4, -0.2) is 25.3 Å². The van der Waals surface area contributed by atoms with E-state index in [1.54, 1.807) is 18.5 Å². The number of nitrogens with one attached hydrogen (secondary N) is 3. The number of H-pyrrole nitrogens is 1. The van der Waals surface area contributed by atoms with E-state index < -0.39 is 10.7 Å². The summed E-state index contributed by atoms with van der Waals surface area (Å²) in [5.74, 6) is 0.672. The van der Waals surface area contributed by atoms with Gasteiger partial charge >= 0.3 is 0 Å². The predicted molar refractivity (Wildman–Crippen MR) is 118 cm³/mol. The zero-order chi connectivity index (χ0) is 20.9. The molecule has 9 heteroatoms. The van der Waals surface area contributed by atoms with Gasteiger partial charge in [-0.3, -0.25) is 0 Å². The van der Waals surface area contributed by atoms with E-state index in [4.69, 9.17) is 10.2 Å². The van der Waals surface area contributed by atoms with Crippen molar-refractivity contribution in [1.29, 1.82) is 5.26 Å². The summed E-state index contributed by atoms with van der Waals surface area (Å²) in [6.45, 7) is 3.78. The number of nitrogens with zero attached hydrogens (tertiary/aromatic N) is 4. The molecule has 0 aliphatic heterocycles. The van der Waals surface area contributed by atoms with Crippen LogP contribution in [0.3, 0.4) is 0 Å². The molecule has 3 N–H and O–H groups in total. The molecule has 0 aliphatic rings. The Morgan fingerprint density at radius 2 is 2.13 bits per heavy atom. The Bertz CT molecular complexity index is 1280. The van der Waals surface area contributed by atoms with Crippen molar-refractivity contribution in [2.24, 2.45) is 0 Å². The van der Waals surface area contributed by atoms with Crippen molar-refractivity contribution < 1.29 is 4.94 Å². The summed E-state index contributed by atoms with van der Waals surface area (Å²) in [7, 11) is -0.519. The molecule has 4 aromatic rings. The van der Waals surface area contributed by atoms with Crippen LogP contribution in [0.1, 0.15) is 18.3 Å². The van der Waals surface area contributed by atoms with Crippen LogP contribution in [0.2, 0.25) is 0 Å². The lowest BCUT2D eigenvalue weighted by Gasteiger charge is -2.15. The first-order valence-corrected chi connectivity index (χ1v) is 10.4. The molecule has 0 aliphatic carbocycles. The molecule has 8 nitrogen and oxygen atoms in total. The normalized spacial score (nSPS) is 12.0. The number of fused-ring (bicyclic) bond motifs is 1. The van der Waals surface area contributed by atoms with Gasteiger partial charge in [0.2, 0.25) is 0 Å². The summed E-state index contributed by atoms with van der Waals surface area (Å²) in [4.78, 5) is 25.9. The van der Waals surface area contributed by atoms with Crippen LogP contribution < -0.4 is 10.4 Å². The third-order valence-corrected chi connectivity index (χ3v) is 5.87. The van der Waals surface area contributed by atoms with Crippen molar-refractivity contribution in [2.45, 2.75) is 18.7 Å². The summed E-state index contributed by atoms with van der Waals surface area (Å²) in [6.07, 6.45) is 5.28. The van der Waals surface area contributed by atoms with Crippen LogP contribution in [-0.2, 0) is 4.94 Å². The second-order valence-electron chi connectivity index (χ2n) is 6.28. The molecule has 1 aromatic carbocycles. The number of rotatable bonds is 6. The molecular weight excluding hydrogens is 398 g/mol. The minimum Gasteiger partial charge on any atom is -0.346 e. The van der Waals surface area contributed by atoms with E-state index in [0.717, 1.165) is 32.9 Å². The number of nitriles is 1. The van der Waals surface area contributed by atoms with Crippen LogP contribution in [0.4, 0.5) is 5.69 Å². The third-order valence-electron chi connectivity index (χ3n) is 4.38. The molecule has 0 saturated carbocycles. The summed E-state index contributed by atoms with van der Waals surface area (Å²) >= 11 is 0. The number of hydrogen-bond acceptors (Lipinski definition) is 7. The highest BCUT2D eigenvalue weighted by Gasteiger charge is 2.14. The zero-order valence-corrected chi connectivity index (χ0v) is 17.2. The molecule has 0 radical (unpaired) electrons. The van der Waals surface area contributed by atoms with Crippen molar-refractivity contribution in [3.05, 3.63) is 66.4 Å². The Kier molecular flexibility index (Phi) is 5.81. The largest absolute Gasteiger partial charge is 0.346 e. The Labute approximate surface area is 175 Å². The Morgan fingerprint density at radius 3 is 2.93 bits per heavy atom. The lowest BCUT2D eigenvalue weighted by Crippen LogP contribution is -2.15. The van der Waals surface area contributed by atoms with Crippen LogP contribution in [0.25, 0.3) is 22.3 Å². The van der Waals surface area contributed by atoms with Crippen LogP contribution in [0.15, 0.2) is 59.9 Å². The number of aromatic amines is 1. The Morgan fingerprint density at radius 1 is 1.23 bits per heavy atom. The molecule has 0 spiro atoms. The molecular formula is C21H19N7OS. The molecule has 1 unspecified atom stereocenters. The fourth-order valence-corrected chi connectivity index (χ4v) is 4.04. The predicted octanol–water partition coefficient (Wildman–Crippen LogP) is 4.11. The second-order valence-corrected chi connectivity index (χ2v) is 8.06. The molecule has 0 fully saturated rings. The maximum atomic E-state index is 9.14. The van der Waals surface area contributed by atoms with Crippen LogP contribution in [0, 0.1) is 18.3 Å². The van der Waals surface area contributed by atoms with E-state index in [0.29, 0.717) is 11.4 Å². The average molecular weight is 417 g/mol. The van der Waals surface area contributed by atoms with E-state index in [1.807, 2.05) is 55.7 Å². The maximum absolute atomic E-state index is 9.14. The zero-order valence-electron chi connectivity index (χ0n) is 16.4. The van der Waals surface area contributed by atoms with E-state index in [1.165, 1.54) is 0 Å². The van der Waals surface area contributed by atoms with Gasteiger partial charge in [0.1, 0.15) is 11.5 Å². The van der Waals surface area contributed by atoms with Gasteiger partial charge in [-0.2, -0.15) is 10.2 Å². The van der Waals surface area contributed by atoms with Gasteiger partial charge in [0, 0.05) is 34.4 Å². The molecule has 4 rings (SSSR count). The van der Waals surface area contributed by atoms with Crippen molar-refractivity contribution in [3.8, 4) is 17.3 Å². The van der Waals surface area contributed by atoms with E-state index >= 15 is 0 Å². The number of aryl methyl sites for hydroxylation is 1. The fraction of sp³-hybridized carbons (Fsp3) is 0.0952. The maximum Gasteiger partial charge on any atom is 0.139 e. The topological polar surface area (TPSA) is 112 Å². The minimum atomic E-state index is -0.519. The van der Waals surface area contributed by atoms with E-state index in [-0.39, 0.29) is 0 Å². The minimum absolute atomic E-state index is 0.519. The number of anilines is 1. The molecule has 3 heterocycles. The SMILES string of the molecule is C/C=S(/NONc1c(-c2ccnc(C)n2)cnc2[nH]ccc12)c1cccc(C#N)c1. The van der Waals surface area contributed by atoms with Crippen LogP contribution in [0.5, 0.6) is 0 Å². The number of benzene rings is 1. The van der Waals surface area contributed by atoms with Crippen molar-refractivity contribution >= 4 is 32.8 Å². The van der Waals surface area contributed by atoms with Crippen molar-refractivity contribution in [1.82, 2.24) is 24.8 Å². The van der Waals surface area contributed by atoms with Gasteiger partial charge in [0.05, 0.1) is 23.0 Å². The lowest BCUT2D eigenvalue weighted by atomic mass is 10.1. The first-order chi connectivity index (χ1) is 14.7. The first kappa shape index (κ1) is 19.7. The van der Waals surface area contributed by atoms with Crippen molar-refractivity contribution in [3.63, 3.8) is 0 Å². The van der Waals surface area contributed by atoms with Gasteiger partial charge in [-0.1, -0.05) is 16.7 Å². The summed E-state index contributed by atoms with van der Waals surface area (Å²) in [6, 6.07) is 13.3. The monoisotopic (exact) mass is 417 g/mol. The Hall–Kier alpha value is -3.58. The standard InChI is InChI=1S/C21H19N7OS/c1-3-30(16-6-4-5-15(11-16)12-22)28-29-27-20-17-7-9-24-21(17)25-13-18(20)19-8-10-23-14(2)26-19/h3-11,13,28H,1-2H3,(H2,24,25,27). The molecule has 0 saturated heterocycles. The summed E-state index contributed by atoms with van der Waals surface area (Å²) < 4.78 is 0. The number of pyridine rings is 1. The highest BCUT2D eigenvalue weighted by molar-refractivity contribution is 8.13. The number of hydrogen-bond donors (Lipinski definition) is 3. The molecule has 1 atom stereocenters. The summed E-state index contributed by atoms with van der Waals surface area (Å²) in [5.41, 5.74) is 6.62. The van der Waals surface area contributed by atoms with Gasteiger partial charge in [-0.05, 0) is 49.5 Å². The van der Waals surface area contributed by atoms with Gasteiger partial charge in [-0.15, -0.1) is 4.89 Å². The highest BCUT2D eigenvalue weighted by Crippen LogP contribution is 2.32. The fourth-order valence-electron chi connectivity index (χ4n) is 2.97. The average Bonchev–Trinajstić information content (AvgIpc) is 3.26. The van der Waals surface area contributed by atoms with E-state index in [9.17, 15) is 0 Å². The van der Waals surface area contributed by atoms with Gasteiger partial charge in [0.25, 0.3) is 0 Å². The van der Waals surface area contributed by atoms with Gasteiger partial charge in [-0.25, -0.2) is 20.4 Å². The van der Waals surface area contributed by atoms with Gasteiger partial charge < -0.3 is 4.98 Å². The van der Waals surface area contributed by atoms with E-state index in [2.05, 4.69) is 36.4 Å². The quantitative estimate of drug-likeness (QED) is 0.320. The number of aromatic nitrogens is 4. The molecule has 150 valence electrons. The first-order valence-electron chi connectivity index (χ1n) is 9.16. The molecule has 0 bridgehead atoms. The molecule has 0 amide bonds. The van der Waals surface area contributed by atoms with Crippen molar-refractivity contribution in [2.75, 3.05) is 5.48 Å². The molecule has 3 aromatic heterocycles. The third kappa shape index (κ3) is 4.06. The van der Waals surface area contributed by atoms with Crippen LogP contribution >= 0.6 is 10.7 Å².